The zero-order valence-corrected chi connectivity index (χ0v) is 15.4. The number of aryl methyl sites for hydroxylation is 1. The summed E-state index contributed by atoms with van der Waals surface area (Å²) < 4.78 is 6.24. The minimum atomic E-state index is 0.0841. The molecule has 0 N–H and O–H groups in total. The summed E-state index contributed by atoms with van der Waals surface area (Å²) in [6.07, 6.45) is 2.35. The van der Waals surface area contributed by atoms with Gasteiger partial charge in [0.15, 0.2) is 0 Å². The summed E-state index contributed by atoms with van der Waals surface area (Å²) in [5.41, 5.74) is 8.67. The highest BCUT2D eigenvalue weighted by Gasteiger charge is 2.43. The molecule has 25 heavy (non-hydrogen) atoms. The molecule has 4 rings (SSSR count). The lowest BCUT2D eigenvalue weighted by molar-refractivity contribution is 0.121. The third-order valence-electron chi connectivity index (χ3n) is 5.94. The summed E-state index contributed by atoms with van der Waals surface area (Å²) in [6.45, 7) is 7.77. The Bertz CT molecular complexity index is 825. The lowest BCUT2D eigenvalue weighted by Gasteiger charge is -2.27. The SMILES string of the molecule is CC1=C2C(=C(c3ccccc3)C1(C)C)COC2CCc1ccccc1. The van der Waals surface area contributed by atoms with E-state index in [-0.39, 0.29) is 11.5 Å². The second-order valence-corrected chi connectivity index (χ2v) is 7.71. The normalized spacial score (nSPS) is 21.8. The Morgan fingerprint density at radius 1 is 0.960 bits per heavy atom. The smallest absolute Gasteiger partial charge is 0.0836 e. The Morgan fingerprint density at radius 3 is 2.28 bits per heavy atom. The van der Waals surface area contributed by atoms with E-state index in [0.717, 1.165) is 19.4 Å². The van der Waals surface area contributed by atoms with Crippen molar-refractivity contribution in [3.05, 3.63) is 88.5 Å². The molecule has 0 spiro atoms. The highest BCUT2D eigenvalue weighted by molar-refractivity contribution is 5.84. The minimum Gasteiger partial charge on any atom is -0.369 e. The van der Waals surface area contributed by atoms with Gasteiger partial charge in [0.25, 0.3) is 0 Å². The van der Waals surface area contributed by atoms with Gasteiger partial charge in [-0.25, -0.2) is 0 Å². The van der Waals surface area contributed by atoms with E-state index in [1.165, 1.54) is 33.4 Å². The Morgan fingerprint density at radius 2 is 1.60 bits per heavy atom. The van der Waals surface area contributed by atoms with Crippen molar-refractivity contribution in [3.8, 4) is 0 Å². The molecule has 1 atom stereocenters. The number of benzene rings is 2. The molecule has 1 fully saturated rings. The summed E-state index contributed by atoms with van der Waals surface area (Å²) in [5.74, 6) is 0. The van der Waals surface area contributed by atoms with E-state index in [4.69, 9.17) is 4.74 Å². The van der Waals surface area contributed by atoms with Crippen molar-refractivity contribution in [3.63, 3.8) is 0 Å². The molecular formula is C24H26O. The number of ether oxygens (including phenoxy) is 1. The van der Waals surface area contributed by atoms with Gasteiger partial charge in [-0.05, 0) is 47.6 Å². The fourth-order valence-electron chi connectivity index (χ4n) is 4.43. The van der Waals surface area contributed by atoms with E-state index in [1.54, 1.807) is 0 Å². The van der Waals surface area contributed by atoms with Gasteiger partial charge in [0.05, 0.1) is 12.7 Å². The molecule has 1 heteroatoms. The largest absolute Gasteiger partial charge is 0.369 e. The fraction of sp³-hybridized carbons (Fsp3) is 0.333. The van der Waals surface area contributed by atoms with Crippen LogP contribution >= 0.6 is 0 Å². The third kappa shape index (κ3) is 2.77. The molecule has 1 nitrogen and oxygen atoms in total. The van der Waals surface area contributed by atoms with Crippen molar-refractivity contribution in [1.82, 2.24) is 0 Å². The molecule has 0 radical (unpaired) electrons. The Balaban J connectivity index is 1.65. The molecule has 1 heterocycles. The monoisotopic (exact) mass is 330 g/mol. The Labute approximate surface area is 151 Å². The van der Waals surface area contributed by atoms with Crippen LogP contribution in [0.2, 0.25) is 0 Å². The van der Waals surface area contributed by atoms with Crippen molar-refractivity contribution in [1.29, 1.82) is 0 Å². The van der Waals surface area contributed by atoms with Crippen LogP contribution in [-0.4, -0.2) is 12.7 Å². The summed E-state index contributed by atoms with van der Waals surface area (Å²) in [5, 5.41) is 0. The second kappa shape index (κ2) is 6.31. The first kappa shape index (κ1) is 16.4. The van der Waals surface area contributed by atoms with E-state index >= 15 is 0 Å². The van der Waals surface area contributed by atoms with Crippen molar-refractivity contribution >= 4 is 5.57 Å². The lowest BCUT2D eigenvalue weighted by atomic mass is 9.77. The maximum Gasteiger partial charge on any atom is 0.0836 e. The second-order valence-electron chi connectivity index (χ2n) is 7.71. The predicted molar refractivity (Wildman–Crippen MR) is 104 cm³/mol. The molecule has 0 amide bonds. The van der Waals surface area contributed by atoms with Crippen LogP contribution in [0.25, 0.3) is 5.57 Å². The van der Waals surface area contributed by atoms with Crippen LogP contribution in [0.1, 0.15) is 38.3 Å². The van der Waals surface area contributed by atoms with E-state index < -0.39 is 0 Å². The van der Waals surface area contributed by atoms with E-state index in [2.05, 4.69) is 81.4 Å². The molecule has 2 aliphatic rings. The number of hydrogen-bond donors (Lipinski definition) is 0. The molecule has 0 aromatic heterocycles. The van der Waals surface area contributed by atoms with E-state index in [1.807, 2.05) is 0 Å². The van der Waals surface area contributed by atoms with Gasteiger partial charge in [0.1, 0.15) is 0 Å². The van der Waals surface area contributed by atoms with Gasteiger partial charge in [0, 0.05) is 5.41 Å². The first-order valence-corrected chi connectivity index (χ1v) is 9.25. The molecular weight excluding hydrogens is 304 g/mol. The van der Waals surface area contributed by atoms with Crippen LogP contribution in [0.5, 0.6) is 0 Å². The van der Waals surface area contributed by atoms with Gasteiger partial charge in [-0.15, -0.1) is 0 Å². The number of rotatable bonds is 4. The van der Waals surface area contributed by atoms with Crippen LogP contribution in [0.4, 0.5) is 0 Å². The topological polar surface area (TPSA) is 9.23 Å². The van der Waals surface area contributed by atoms with Gasteiger partial charge >= 0.3 is 0 Å². The summed E-state index contributed by atoms with van der Waals surface area (Å²) in [7, 11) is 0. The maximum absolute atomic E-state index is 6.24. The maximum atomic E-state index is 6.24. The van der Waals surface area contributed by atoms with Gasteiger partial charge in [-0.1, -0.05) is 80.1 Å². The molecule has 2 aromatic rings. The first-order valence-electron chi connectivity index (χ1n) is 9.25. The number of allylic oxidation sites excluding steroid dienone is 2. The van der Waals surface area contributed by atoms with Gasteiger partial charge in [-0.2, -0.15) is 0 Å². The van der Waals surface area contributed by atoms with Crippen molar-refractivity contribution in [2.24, 2.45) is 5.41 Å². The van der Waals surface area contributed by atoms with Crippen molar-refractivity contribution < 1.29 is 4.74 Å². The van der Waals surface area contributed by atoms with Crippen molar-refractivity contribution in [2.45, 2.75) is 39.7 Å². The average molecular weight is 330 g/mol. The molecule has 1 saturated heterocycles. The number of fused-ring (bicyclic) bond motifs is 1. The summed E-state index contributed by atoms with van der Waals surface area (Å²) >= 11 is 0. The van der Waals surface area contributed by atoms with Gasteiger partial charge in [-0.3, -0.25) is 0 Å². The standard InChI is InChI=1S/C24H26O/c1-17-22-20(23(24(17,2)3)19-12-8-5-9-13-19)16-25-21(22)15-14-18-10-6-4-7-11-18/h4-13,21H,14-16H2,1-3H3. The van der Waals surface area contributed by atoms with Crippen LogP contribution in [0.3, 0.4) is 0 Å². The van der Waals surface area contributed by atoms with Gasteiger partial charge < -0.3 is 4.74 Å². The zero-order valence-electron chi connectivity index (χ0n) is 15.4. The van der Waals surface area contributed by atoms with Crippen LogP contribution in [-0.2, 0) is 11.2 Å². The fourth-order valence-corrected chi connectivity index (χ4v) is 4.43. The Kier molecular flexibility index (Phi) is 4.13. The molecule has 1 aliphatic heterocycles. The first-order chi connectivity index (χ1) is 12.1. The molecule has 0 bridgehead atoms. The molecule has 2 aromatic carbocycles. The highest BCUT2D eigenvalue weighted by Crippen LogP contribution is 2.54. The van der Waals surface area contributed by atoms with E-state index in [9.17, 15) is 0 Å². The van der Waals surface area contributed by atoms with Crippen LogP contribution in [0.15, 0.2) is 77.4 Å². The van der Waals surface area contributed by atoms with E-state index in [0.29, 0.717) is 0 Å². The zero-order chi connectivity index (χ0) is 17.4. The quantitative estimate of drug-likeness (QED) is 0.685. The van der Waals surface area contributed by atoms with Gasteiger partial charge in [0.2, 0.25) is 0 Å². The molecule has 1 aliphatic carbocycles. The molecule has 0 saturated carbocycles. The lowest BCUT2D eigenvalue weighted by Crippen LogP contribution is -2.16. The third-order valence-corrected chi connectivity index (χ3v) is 5.94. The minimum absolute atomic E-state index is 0.0841. The average Bonchev–Trinajstić information content (AvgIpc) is 3.12. The van der Waals surface area contributed by atoms with Crippen molar-refractivity contribution in [2.75, 3.05) is 6.61 Å². The predicted octanol–water partition coefficient (Wildman–Crippen LogP) is 5.83. The van der Waals surface area contributed by atoms with Crippen LogP contribution in [0, 0.1) is 5.41 Å². The highest BCUT2D eigenvalue weighted by atomic mass is 16.5. The molecule has 128 valence electrons. The number of hydrogen-bond acceptors (Lipinski definition) is 1. The molecule has 1 unspecified atom stereocenters. The summed E-state index contributed by atoms with van der Waals surface area (Å²) in [6, 6.07) is 21.6. The Hall–Kier alpha value is -2.12. The summed E-state index contributed by atoms with van der Waals surface area (Å²) in [4.78, 5) is 0. The van der Waals surface area contributed by atoms with Crippen LogP contribution < -0.4 is 0 Å².